The lowest BCUT2D eigenvalue weighted by Crippen LogP contribution is -2.38. The van der Waals surface area contributed by atoms with E-state index in [1.165, 1.54) is 11.1 Å². The van der Waals surface area contributed by atoms with Crippen LogP contribution < -0.4 is 4.74 Å². The number of carbonyl (C=O) groups is 2. The summed E-state index contributed by atoms with van der Waals surface area (Å²) in [5.41, 5.74) is 4.50. The van der Waals surface area contributed by atoms with E-state index in [2.05, 4.69) is 18.2 Å². The third-order valence-corrected chi connectivity index (χ3v) is 4.96. The summed E-state index contributed by atoms with van der Waals surface area (Å²) in [6, 6.07) is 15.8. The third kappa shape index (κ3) is 5.00. The van der Waals surface area contributed by atoms with E-state index in [0.29, 0.717) is 18.8 Å². The fourth-order valence-corrected chi connectivity index (χ4v) is 3.10. The van der Waals surface area contributed by atoms with Crippen LogP contribution in [0, 0.1) is 13.8 Å². The molecule has 0 aliphatic carbocycles. The highest BCUT2D eigenvalue weighted by Crippen LogP contribution is 2.22. The summed E-state index contributed by atoms with van der Waals surface area (Å²) in [4.78, 5) is 25.9. The fourth-order valence-electron chi connectivity index (χ4n) is 3.10. The van der Waals surface area contributed by atoms with Gasteiger partial charge in [-0.25, -0.2) is 4.79 Å². The van der Waals surface area contributed by atoms with Crippen molar-refractivity contribution in [3.63, 3.8) is 0 Å². The Morgan fingerprint density at radius 2 is 1.79 bits per heavy atom. The number of rotatable bonds is 6. The Morgan fingerprint density at radius 3 is 2.50 bits per heavy atom. The Kier molecular flexibility index (Phi) is 6.48. The van der Waals surface area contributed by atoms with Crippen LogP contribution in [-0.4, -0.2) is 43.1 Å². The van der Waals surface area contributed by atoms with Gasteiger partial charge in [0, 0.05) is 13.1 Å². The maximum Gasteiger partial charge on any atom is 0.344 e. The molecule has 3 rings (SSSR count). The van der Waals surface area contributed by atoms with E-state index in [-0.39, 0.29) is 19.1 Å². The first kappa shape index (κ1) is 19.7. The molecule has 2 aromatic rings. The predicted octanol–water partition coefficient (Wildman–Crippen LogP) is 3.54. The molecule has 5 heteroatoms. The van der Waals surface area contributed by atoms with Crippen molar-refractivity contribution in [3.8, 4) is 5.75 Å². The number of carbonyl (C=O) groups excluding carboxylic acids is 2. The molecule has 1 aliphatic heterocycles. The van der Waals surface area contributed by atoms with Gasteiger partial charge >= 0.3 is 5.97 Å². The van der Waals surface area contributed by atoms with Crippen LogP contribution in [0.1, 0.15) is 23.1 Å². The number of aryl methyl sites for hydroxylation is 1. The second kappa shape index (κ2) is 9.22. The van der Waals surface area contributed by atoms with Gasteiger partial charge in [-0.1, -0.05) is 48.5 Å². The van der Waals surface area contributed by atoms with Gasteiger partial charge in [-0.2, -0.15) is 0 Å². The number of ether oxygens (including phenoxy) is 2. The SMILES string of the molecule is Cc1cccc(OCC(=O)OCC(=O)N2CC=C(c3ccccc3)CC2)c1C. The maximum atomic E-state index is 12.3. The van der Waals surface area contributed by atoms with E-state index >= 15 is 0 Å². The zero-order chi connectivity index (χ0) is 19.9. The Balaban J connectivity index is 1.43. The molecule has 5 nitrogen and oxygen atoms in total. The topological polar surface area (TPSA) is 55.8 Å². The average Bonchev–Trinajstić information content (AvgIpc) is 2.74. The van der Waals surface area contributed by atoms with E-state index in [1.54, 1.807) is 4.90 Å². The minimum absolute atomic E-state index is 0.191. The molecule has 0 aromatic heterocycles. The normalized spacial score (nSPS) is 13.6. The molecule has 2 aromatic carbocycles. The van der Waals surface area contributed by atoms with Gasteiger partial charge in [0.2, 0.25) is 0 Å². The quantitative estimate of drug-likeness (QED) is 0.721. The highest BCUT2D eigenvalue weighted by atomic mass is 16.6. The minimum atomic E-state index is -0.549. The highest BCUT2D eigenvalue weighted by Gasteiger charge is 2.19. The van der Waals surface area contributed by atoms with E-state index in [1.807, 2.05) is 50.2 Å². The largest absolute Gasteiger partial charge is 0.482 e. The van der Waals surface area contributed by atoms with E-state index in [4.69, 9.17) is 9.47 Å². The Bertz CT molecular complexity index is 873. The van der Waals surface area contributed by atoms with Crippen LogP contribution in [0.25, 0.3) is 5.57 Å². The smallest absolute Gasteiger partial charge is 0.344 e. The van der Waals surface area contributed by atoms with Crippen LogP contribution in [0.3, 0.4) is 0 Å². The molecule has 0 atom stereocenters. The molecular weight excluding hydrogens is 354 g/mol. The summed E-state index contributed by atoms with van der Waals surface area (Å²) in [6.07, 6.45) is 2.85. The van der Waals surface area contributed by atoms with Crippen molar-refractivity contribution in [2.24, 2.45) is 0 Å². The van der Waals surface area contributed by atoms with Gasteiger partial charge in [0.25, 0.3) is 5.91 Å². The number of hydrogen-bond acceptors (Lipinski definition) is 4. The van der Waals surface area contributed by atoms with Gasteiger partial charge in [-0.3, -0.25) is 4.79 Å². The van der Waals surface area contributed by atoms with E-state index in [9.17, 15) is 9.59 Å². The van der Waals surface area contributed by atoms with Gasteiger partial charge in [-0.15, -0.1) is 0 Å². The first-order chi connectivity index (χ1) is 13.5. The molecule has 0 spiro atoms. The molecule has 0 saturated carbocycles. The number of benzene rings is 2. The number of amides is 1. The van der Waals surface area contributed by atoms with Crippen molar-refractivity contribution >= 4 is 17.4 Å². The van der Waals surface area contributed by atoms with Gasteiger partial charge in [0.05, 0.1) is 0 Å². The predicted molar refractivity (Wildman–Crippen MR) is 108 cm³/mol. The molecular formula is C23H25NO4. The number of hydrogen-bond donors (Lipinski definition) is 0. The van der Waals surface area contributed by atoms with Crippen LogP contribution in [0.4, 0.5) is 0 Å². The zero-order valence-corrected chi connectivity index (χ0v) is 16.3. The number of esters is 1. The van der Waals surface area contributed by atoms with Crippen molar-refractivity contribution in [2.45, 2.75) is 20.3 Å². The summed E-state index contributed by atoms with van der Waals surface area (Å²) >= 11 is 0. The van der Waals surface area contributed by atoms with E-state index < -0.39 is 5.97 Å². The van der Waals surface area contributed by atoms with Crippen LogP contribution >= 0.6 is 0 Å². The lowest BCUT2D eigenvalue weighted by atomic mass is 10.00. The van der Waals surface area contributed by atoms with Crippen LogP contribution in [0.5, 0.6) is 5.75 Å². The highest BCUT2D eigenvalue weighted by molar-refractivity contribution is 5.82. The Morgan fingerprint density at radius 1 is 1.00 bits per heavy atom. The summed E-state index contributed by atoms with van der Waals surface area (Å²) in [7, 11) is 0. The van der Waals surface area contributed by atoms with E-state index in [0.717, 1.165) is 17.5 Å². The molecule has 28 heavy (non-hydrogen) atoms. The van der Waals surface area contributed by atoms with Crippen molar-refractivity contribution in [2.75, 3.05) is 26.3 Å². The maximum absolute atomic E-state index is 12.3. The van der Waals surface area contributed by atoms with Crippen LogP contribution in [0.2, 0.25) is 0 Å². The average molecular weight is 379 g/mol. The molecule has 1 amide bonds. The van der Waals surface area contributed by atoms with Crippen molar-refractivity contribution < 1.29 is 19.1 Å². The summed E-state index contributed by atoms with van der Waals surface area (Å²) in [6.45, 7) is 4.59. The molecule has 0 saturated heterocycles. The van der Waals surface area contributed by atoms with Gasteiger partial charge in [0.1, 0.15) is 5.75 Å². The Hall–Kier alpha value is -3.08. The number of nitrogens with zero attached hydrogens (tertiary/aromatic N) is 1. The summed E-state index contributed by atoms with van der Waals surface area (Å²) < 4.78 is 10.6. The van der Waals surface area contributed by atoms with Crippen LogP contribution in [-0.2, 0) is 14.3 Å². The fraction of sp³-hybridized carbons (Fsp3) is 0.304. The summed E-state index contributed by atoms with van der Waals surface area (Å²) in [5, 5.41) is 0. The molecule has 1 aliphatic rings. The molecule has 0 bridgehead atoms. The second-order valence-electron chi connectivity index (χ2n) is 6.83. The lowest BCUT2D eigenvalue weighted by Gasteiger charge is -2.26. The minimum Gasteiger partial charge on any atom is -0.482 e. The molecule has 0 unspecified atom stereocenters. The van der Waals surface area contributed by atoms with Crippen LogP contribution in [0.15, 0.2) is 54.6 Å². The summed E-state index contributed by atoms with van der Waals surface area (Å²) in [5.74, 6) is -0.0897. The van der Waals surface area contributed by atoms with Crippen molar-refractivity contribution in [1.29, 1.82) is 0 Å². The molecule has 146 valence electrons. The van der Waals surface area contributed by atoms with Gasteiger partial charge in [0.15, 0.2) is 13.2 Å². The molecule has 0 fully saturated rings. The third-order valence-electron chi connectivity index (χ3n) is 4.96. The first-order valence-electron chi connectivity index (χ1n) is 9.41. The van der Waals surface area contributed by atoms with Gasteiger partial charge in [-0.05, 0) is 48.6 Å². The molecule has 0 radical (unpaired) electrons. The molecule has 1 heterocycles. The zero-order valence-electron chi connectivity index (χ0n) is 16.3. The van der Waals surface area contributed by atoms with Crippen molar-refractivity contribution in [1.82, 2.24) is 4.90 Å². The standard InChI is InChI=1S/C23H25NO4/c1-17-7-6-10-21(18(17)2)27-16-23(26)28-15-22(25)24-13-11-20(12-14-24)19-8-4-3-5-9-19/h3-11H,12-16H2,1-2H3. The first-order valence-corrected chi connectivity index (χ1v) is 9.41. The lowest BCUT2D eigenvalue weighted by molar-refractivity contribution is -0.153. The second-order valence-corrected chi connectivity index (χ2v) is 6.83. The Labute approximate surface area is 165 Å². The molecule has 0 N–H and O–H groups in total. The van der Waals surface area contributed by atoms with Crippen molar-refractivity contribution in [3.05, 3.63) is 71.3 Å². The van der Waals surface area contributed by atoms with Gasteiger partial charge < -0.3 is 14.4 Å². The monoisotopic (exact) mass is 379 g/mol.